The Morgan fingerprint density at radius 3 is 2.35 bits per heavy atom. The number of hydrogen-bond donors (Lipinski definition) is 2. The highest BCUT2D eigenvalue weighted by Crippen LogP contribution is 2.30. The van der Waals surface area contributed by atoms with Gasteiger partial charge in [0.1, 0.15) is 23.6 Å². The zero-order valence-corrected chi connectivity index (χ0v) is 19.1. The van der Waals surface area contributed by atoms with Crippen LogP contribution in [0.3, 0.4) is 0 Å². The maximum Gasteiger partial charge on any atom is 0.334 e. The van der Waals surface area contributed by atoms with Crippen LogP contribution in [0.1, 0.15) is 50.8 Å². The maximum absolute atomic E-state index is 12.6. The van der Waals surface area contributed by atoms with Crippen molar-refractivity contribution in [1.82, 2.24) is 10.6 Å². The number of benzene rings is 2. The van der Waals surface area contributed by atoms with E-state index < -0.39 is 12.0 Å². The fraction of sp³-hybridized carbons (Fsp3) is 0.440. The van der Waals surface area contributed by atoms with Gasteiger partial charge in [0.2, 0.25) is 5.91 Å². The average molecular weight is 427 g/mol. The van der Waals surface area contributed by atoms with Crippen molar-refractivity contribution in [2.45, 2.75) is 52.7 Å². The van der Waals surface area contributed by atoms with E-state index >= 15 is 0 Å². The number of nitrogens with one attached hydrogen (secondary N) is 2. The van der Waals surface area contributed by atoms with E-state index in [1.165, 1.54) is 6.92 Å². The fourth-order valence-electron chi connectivity index (χ4n) is 3.33. The lowest BCUT2D eigenvalue weighted by Crippen LogP contribution is -2.42. The van der Waals surface area contributed by atoms with Crippen LogP contribution in [0.15, 0.2) is 48.5 Å². The van der Waals surface area contributed by atoms with Crippen molar-refractivity contribution in [2.24, 2.45) is 5.92 Å². The predicted octanol–water partition coefficient (Wildman–Crippen LogP) is 4.18. The summed E-state index contributed by atoms with van der Waals surface area (Å²) in [6.45, 7) is 8.14. The molecule has 2 N–H and O–H groups in total. The molecule has 0 saturated carbocycles. The molecule has 0 aromatic heterocycles. The number of ether oxygens (including phenoxy) is 2. The Morgan fingerprint density at radius 1 is 1.06 bits per heavy atom. The number of rotatable bonds is 11. The van der Waals surface area contributed by atoms with Crippen molar-refractivity contribution < 1.29 is 19.1 Å². The minimum Gasteiger partial charge on any atom is -0.485 e. The van der Waals surface area contributed by atoms with E-state index in [1.54, 1.807) is 12.1 Å². The number of hydrogen-bond acceptors (Lipinski definition) is 5. The van der Waals surface area contributed by atoms with E-state index in [1.807, 2.05) is 52.1 Å². The van der Waals surface area contributed by atoms with Crippen molar-refractivity contribution in [1.29, 1.82) is 0 Å². The molecule has 6 heteroatoms. The molecule has 0 bridgehead atoms. The Morgan fingerprint density at radius 2 is 1.77 bits per heavy atom. The van der Waals surface area contributed by atoms with E-state index in [0.29, 0.717) is 12.2 Å². The molecule has 2 aromatic carbocycles. The lowest BCUT2D eigenvalue weighted by atomic mass is 10.0. The molecule has 0 aliphatic heterocycles. The lowest BCUT2D eigenvalue weighted by Gasteiger charge is -2.22. The molecule has 0 unspecified atom stereocenters. The molecular formula is C25H34N2O4. The third-order valence-corrected chi connectivity index (χ3v) is 4.83. The summed E-state index contributed by atoms with van der Waals surface area (Å²) in [6.07, 6.45) is 1.25. The summed E-state index contributed by atoms with van der Waals surface area (Å²) < 4.78 is 11.9. The maximum atomic E-state index is 12.6. The Kier molecular flexibility index (Phi) is 9.53. The van der Waals surface area contributed by atoms with Crippen LogP contribution >= 0.6 is 0 Å². The first-order chi connectivity index (χ1) is 14.8. The number of aryl methyl sites for hydroxylation is 1. The van der Waals surface area contributed by atoms with Gasteiger partial charge in [0.25, 0.3) is 0 Å². The van der Waals surface area contributed by atoms with E-state index in [0.717, 1.165) is 29.8 Å². The van der Waals surface area contributed by atoms with Gasteiger partial charge in [0, 0.05) is 13.3 Å². The molecule has 0 radical (unpaired) electrons. The van der Waals surface area contributed by atoms with Crippen LogP contribution in [0, 0.1) is 12.8 Å². The summed E-state index contributed by atoms with van der Waals surface area (Å²) in [5.41, 5.74) is 1.98. The Bertz CT molecular complexity index is 852. The van der Waals surface area contributed by atoms with Gasteiger partial charge < -0.3 is 20.1 Å². The molecule has 0 aliphatic rings. The van der Waals surface area contributed by atoms with E-state index in [2.05, 4.69) is 22.8 Å². The highest BCUT2D eigenvalue weighted by Gasteiger charge is 2.23. The molecule has 31 heavy (non-hydrogen) atoms. The quantitative estimate of drug-likeness (QED) is 0.416. The highest BCUT2D eigenvalue weighted by molar-refractivity contribution is 5.84. The van der Waals surface area contributed by atoms with Gasteiger partial charge in [-0.1, -0.05) is 44.2 Å². The SMILES string of the molecule is CNCC[C@@H](Oc1ccc(OC(=O)[C@H](CC(C)C)NC(C)=O)cc1C)c1ccccc1. The van der Waals surface area contributed by atoms with Crippen LogP contribution < -0.4 is 20.1 Å². The molecule has 2 atom stereocenters. The van der Waals surface area contributed by atoms with Gasteiger partial charge >= 0.3 is 5.97 Å². The zero-order valence-electron chi connectivity index (χ0n) is 19.1. The first-order valence-electron chi connectivity index (χ1n) is 10.8. The Hall–Kier alpha value is -2.86. The van der Waals surface area contributed by atoms with E-state index in [9.17, 15) is 9.59 Å². The number of esters is 1. The van der Waals surface area contributed by atoms with Crippen LogP contribution in [0.4, 0.5) is 0 Å². The third-order valence-electron chi connectivity index (χ3n) is 4.83. The standard InChI is InChI=1S/C25H34N2O4/c1-17(2)15-22(27-19(4)28)25(29)30-21-11-12-23(18(3)16-21)31-24(13-14-26-5)20-9-7-6-8-10-20/h6-12,16-17,22,24,26H,13-15H2,1-5H3,(H,27,28)/t22-,24+/m0/s1. The Labute approximate surface area is 185 Å². The molecule has 168 valence electrons. The van der Waals surface area contributed by atoms with Crippen molar-refractivity contribution in [2.75, 3.05) is 13.6 Å². The molecular weight excluding hydrogens is 392 g/mol. The second-order valence-corrected chi connectivity index (χ2v) is 8.14. The Balaban J connectivity index is 2.12. The number of carbonyl (C=O) groups excluding carboxylic acids is 2. The van der Waals surface area contributed by atoms with Crippen LogP contribution in [0.2, 0.25) is 0 Å². The smallest absolute Gasteiger partial charge is 0.334 e. The second kappa shape index (κ2) is 12.1. The highest BCUT2D eigenvalue weighted by atomic mass is 16.5. The molecule has 0 aliphatic carbocycles. The molecule has 0 saturated heterocycles. The molecule has 6 nitrogen and oxygen atoms in total. The first kappa shape index (κ1) is 24.4. The van der Waals surface area contributed by atoms with Gasteiger partial charge in [0.15, 0.2) is 0 Å². The summed E-state index contributed by atoms with van der Waals surface area (Å²) in [4.78, 5) is 24.0. The van der Waals surface area contributed by atoms with Gasteiger partial charge in [-0.2, -0.15) is 0 Å². The molecule has 2 rings (SSSR count). The summed E-state index contributed by atoms with van der Waals surface area (Å²) in [5, 5.41) is 5.85. The molecule has 0 spiro atoms. The van der Waals surface area contributed by atoms with Gasteiger partial charge in [-0.15, -0.1) is 0 Å². The van der Waals surface area contributed by atoms with Crippen LogP contribution in [-0.4, -0.2) is 31.5 Å². The normalized spacial score (nSPS) is 12.8. The third kappa shape index (κ3) is 8.06. The first-order valence-corrected chi connectivity index (χ1v) is 10.8. The van der Waals surface area contributed by atoms with Crippen molar-refractivity contribution >= 4 is 11.9 Å². The van der Waals surface area contributed by atoms with Gasteiger partial charge in [-0.05, 0) is 62.2 Å². The molecule has 1 amide bonds. The second-order valence-electron chi connectivity index (χ2n) is 8.14. The topological polar surface area (TPSA) is 76.7 Å². The van der Waals surface area contributed by atoms with Crippen molar-refractivity contribution in [3.05, 3.63) is 59.7 Å². The molecule has 2 aromatic rings. The minimum absolute atomic E-state index is 0.0871. The van der Waals surface area contributed by atoms with Crippen LogP contribution in [0.5, 0.6) is 11.5 Å². The fourth-order valence-corrected chi connectivity index (χ4v) is 3.33. The van der Waals surface area contributed by atoms with Crippen LogP contribution in [-0.2, 0) is 9.59 Å². The zero-order chi connectivity index (χ0) is 22.8. The van der Waals surface area contributed by atoms with E-state index in [4.69, 9.17) is 9.47 Å². The summed E-state index contributed by atoms with van der Waals surface area (Å²) in [6, 6.07) is 14.8. The van der Waals surface area contributed by atoms with Gasteiger partial charge in [-0.3, -0.25) is 4.79 Å². The molecule has 0 fully saturated rings. The molecule has 0 heterocycles. The summed E-state index contributed by atoms with van der Waals surface area (Å²) in [5.74, 6) is 0.699. The van der Waals surface area contributed by atoms with Gasteiger partial charge in [-0.25, -0.2) is 4.79 Å². The van der Waals surface area contributed by atoms with Gasteiger partial charge in [0.05, 0.1) is 0 Å². The summed E-state index contributed by atoms with van der Waals surface area (Å²) >= 11 is 0. The summed E-state index contributed by atoms with van der Waals surface area (Å²) in [7, 11) is 1.92. The monoisotopic (exact) mass is 426 g/mol. The average Bonchev–Trinajstić information content (AvgIpc) is 2.72. The lowest BCUT2D eigenvalue weighted by molar-refractivity contribution is -0.139. The van der Waals surface area contributed by atoms with Crippen LogP contribution in [0.25, 0.3) is 0 Å². The predicted molar refractivity (Wildman–Crippen MR) is 122 cm³/mol. The van der Waals surface area contributed by atoms with Crippen molar-refractivity contribution in [3.63, 3.8) is 0 Å². The number of amides is 1. The number of carbonyl (C=O) groups is 2. The minimum atomic E-state index is -0.669. The van der Waals surface area contributed by atoms with E-state index in [-0.39, 0.29) is 17.9 Å². The largest absolute Gasteiger partial charge is 0.485 e. The van der Waals surface area contributed by atoms with Crippen molar-refractivity contribution in [3.8, 4) is 11.5 Å².